The maximum atomic E-state index is 12.8. The summed E-state index contributed by atoms with van der Waals surface area (Å²) in [5, 5.41) is 4.59. The Labute approximate surface area is 175 Å². The van der Waals surface area contributed by atoms with Crippen LogP contribution in [0.2, 0.25) is 0 Å². The van der Waals surface area contributed by atoms with Gasteiger partial charge in [-0.05, 0) is 49.1 Å². The molecular formula is C22H18F2N4O3. The Morgan fingerprint density at radius 1 is 1.10 bits per heavy atom. The van der Waals surface area contributed by atoms with Crippen LogP contribution in [0, 0.1) is 5.92 Å². The number of fused-ring (bicyclic) bond motifs is 1. The second-order valence-corrected chi connectivity index (χ2v) is 7.37. The van der Waals surface area contributed by atoms with E-state index < -0.39 is 6.61 Å². The van der Waals surface area contributed by atoms with Crippen molar-refractivity contribution >= 4 is 5.65 Å². The fraction of sp³-hybridized carbons (Fsp3) is 0.227. The van der Waals surface area contributed by atoms with Gasteiger partial charge in [-0.3, -0.25) is 4.79 Å². The van der Waals surface area contributed by atoms with Gasteiger partial charge in [-0.25, -0.2) is 9.50 Å². The second-order valence-electron chi connectivity index (χ2n) is 7.37. The van der Waals surface area contributed by atoms with Crippen LogP contribution in [0.25, 0.3) is 28.2 Å². The van der Waals surface area contributed by atoms with Crippen molar-refractivity contribution in [2.24, 2.45) is 5.92 Å². The number of alkyl halides is 2. The van der Waals surface area contributed by atoms with Gasteiger partial charge in [0.15, 0.2) is 17.1 Å². The average molecular weight is 424 g/mol. The number of nitrogens with one attached hydrogen (secondary N) is 1. The monoisotopic (exact) mass is 424 g/mol. The third-order valence-corrected chi connectivity index (χ3v) is 5.06. The molecule has 1 aliphatic rings. The minimum Gasteiger partial charge on any atom is -0.489 e. The summed E-state index contributed by atoms with van der Waals surface area (Å²) in [6.07, 6.45) is 5.35. The predicted octanol–water partition coefficient (Wildman–Crippen LogP) is 4.14. The zero-order valence-electron chi connectivity index (χ0n) is 16.3. The number of H-pyrrole nitrogens is 1. The van der Waals surface area contributed by atoms with Gasteiger partial charge in [-0.1, -0.05) is 0 Å². The van der Waals surface area contributed by atoms with E-state index in [1.54, 1.807) is 47.2 Å². The first kappa shape index (κ1) is 19.2. The summed E-state index contributed by atoms with van der Waals surface area (Å²) in [5.41, 5.74) is 3.01. The van der Waals surface area contributed by atoms with Crippen molar-refractivity contribution in [1.29, 1.82) is 0 Å². The zero-order valence-corrected chi connectivity index (χ0v) is 16.3. The molecule has 4 aromatic rings. The van der Waals surface area contributed by atoms with E-state index in [2.05, 4.69) is 19.8 Å². The molecule has 0 amide bonds. The van der Waals surface area contributed by atoms with Gasteiger partial charge in [0, 0.05) is 35.7 Å². The molecule has 0 spiro atoms. The lowest BCUT2D eigenvalue weighted by atomic mass is 10.1. The molecule has 1 saturated carbocycles. The molecule has 31 heavy (non-hydrogen) atoms. The number of pyridine rings is 1. The Bertz CT molecular complexity index is 1300. The normalized spacial score (nSPS) is 13.6. The highest BCUT2D eigenvalue weighted by molar-refractivity contribution is 5.69. The van der Waals surface area contributed by atoms with Crippen molar-refractivity contribution in [3.63, 3.8) is 0 Å². The Morgan fingerprint density at radius 2 is 1.97 bits per heavy atom. The van der Waals surface area contributed by atoms with E-state index in [1.165, 1.54) is 12.1 Å². The third-order valence-electron chi connectivity index (χ3n) is 5.06. The summed E-state index contributed by atoms with van der Waals surface area (Å²) in [6, 6.07) is 11.6. The van der Waals surface area contributed by atoms with E-state index in [9.17, 15) is 13.6 Å². The van der Waals surface area contributed by atoms with Crippen LogP contribution < -0.4 is 15.0 Å². The maximum Gasteiger partial charge on any atom is 0.387 e. The molecule has 1 aromatic carbocycles. The van der Waals surface area contributed by atoms with E-state index in [1.807, 2.05) is 0 Å². The van der Waals surface area contributed by atoms with E-state index in [0.29, 0.717) is 40.7 Å². The smallest absolute Gasteiger partial charge is 0.387 e. The summed E-state index contributed by atoms with van der Waals surface area (Å²) in [5.74, 6) is 0.712. The molecule has 0 atom stereocenters. The molecule has 0 bridgehead atoms. The summed E-state index contributed by atoms with van der Waals surface area (Å²) in [6.45, 7) is -2.48. The molecule has 7 nitrogen and oxygen atoms in total. The van der Waals surface area contributed by atoms with Crippen molar-refractivity contribution in [2.45, 2.75) is 19.5 Å². The number of hydrogen-bond acceptors (Lipinski definition) is 5. The van der Waals surface area contributed by atoms with Crippen molar-refractivity contribution in [3.05, 3.63) is 65.2 Å². The molecule has 3 aromatic heterocycles. The average Bonchev–Trinajstić information content (AvgIpc) is 3.48. The van der Waals surface area contributed by atoms with Gasteiger partial charge in [0.05, 0.1) is 18.0 Å². The first-order chi connectivity index (χ1) is 15.1. The Morgan fingerprint density at radius 3 is 2.74 bits per heavy atom. The van der Waals surface area contributed by atoms with Crippen molar-refractivity contribution in [3.8, 4) is 34.0 Å². The molecule has 0 radical (unpaired) electrons. The molecule has 1 fully saturated rings. The first-order valence-corrected chi connectivity index (χ1v) is 9.83. The molecule has 158 valence electrons. The van der Waals surface area contributed by atoms with E-state index in [-0.39, 0.29) is 17.1 Å². The topological polar surface area (TPSA) is 81.5 Å². The molecule has 1 N–H and O–H groups in total. The van der Waals surface area contributed by atoms with Crippen LogP contribution in [0.5, 0.6) is 11.5 Å². The number of aromatic nitrogens is 4. The van der Waals surface area contributed by atoms with Crippen LogP contribution in [-0.4, -0.2) is 32.8 Å². The Hall–Kier alpha value is -3.75. The van der Waals surface area contributed by atoms with Crippen molar-refractivity contribution in [2.75, 3.05) is 6.61 Å². The number of halogens is 2. The molecule has 0 saturated heterocycles. The summed E-state index contributed by atoms with van der Waals surface area (Å²) in [7, 11) is 0. The van der Waals surface area contributed by atoms with Gasteiger partial charge in [0.1, 0.15) is 0 Å². The fourth-order valence-corrected chi connectivity index (χ4v) is 3.32. The third kappa shape index (κ3) is 4.11. The number of rotatable bonds is 7. The first-order valence-electron chi connectivity index (χ1n) is 9.83. The summed E-state index contributed by atoms with van der Waals surface area (Å²) < 4.78 is 37.7. The van der Waals surface area contributed by atoms with Gasteiger partial charge in [-0.2, -0.15) is 13.9 Å². The van der Waals surface area contributed by atoms with Gasteiger partial charge < -0.3 is 14.5 Å². The molecule has 1 aliphatic carbocycles. The number of aromatic amines is 1. The van der Waals surface area contributed by atoms with E-state index >= 15 is 0 Å². The minimum absolute atomic E-state index is 0.00522. The highest BCUT2D eigenvalue weighted by atomic mass is 19.3. The maximum absolute atomic E-state index is 12.8. The van der Waals surface area contributed by atoms with E-state index in [4.69, 9.17) is 4.74 Å². The Kier molecular flexibility index (Phi) is 4.85. The number of ether oxygens (including phenoxy) is 2. The molecule has 0 aliphatic heterocycles. The van der Waals surface area contributed by atoms with Crippen LogP contribution in [0.3, 0.4) is 0 Å². The van der Waals surface area contributed by atoms with Crippen LogP contribution in [0.15, 0.2) is 59.7 Å². The lowest BCUT2D eigenvalue weighted by Gasteiger charge is -2.14. The highest BCUT2D eigenvalue weighted by Crippen LogP contribution is 2.36. The van der Waals surface area contributed by atoms with Crippen molar-refractivity contribution in [1.82, 2.24) is 19.6 Å². The van der Waals surface area contributed by atoms with Crippen LogP contribution >= 0.6 is 0 Å². The Balaban J connectivity index is 1.56. The van der Waals surface area contributed by atoms with Crippen LogP contribution in [0.1, 0.15) is 12.8 Å². The number of nitrogens with zero attached hydrogens (tertiary/aromatic N) is 3. The quantitative estimate of drug-likeness (QED) is 0.482. The standard InChI is InChI=1S/C22H18F2N4O3/c23-22(24)31-18-4-3-15(9-19(18)30-12-13-1-2-13)17-6-8-25-20-11-16(27-28(17)20)14-5-7-26-21(29)10-14/h3-11,13,22H,1-2,12H2,(H,26,29). The van der Waals surface area contributed by atoms with Gasteiger partial charge in [0.25, 0.3) is 0 Å². The predicted molar refractivity (Wildman–Crippen MR) is 109 cm³/mol. The van der Waals surface area contributed by atoms with Gasteiger partial charge in [0.2, 0.25) is 5.56 Å². The fourth-order valence-electron chi connectivity index (χ4n) is 3.32. The molecule has 9 heteroatoms. The summed E-state index contributed by atoms with van der Waals surface area (Å²) in [4.78, 5) is 18.6. The SMILES string of the molecule is O=c1cc(-c2cc3nccc(-c4ccc(OC(F)F)c(OCC5CC5)c4)n3n2)cc[nH]1. The largest absolute Gasteiger partial charge is 0.489 e. The minimum atomic E-state index is -2.94. The second kappa shape index (κ2) is 7.82. The summed E-state index contributed by atoms with van der Waals surface area (Å²) >= 11 is 0. The van der Waals surface area contributed by atoms with E-state index in [0.717, 1.165) is 12.8 Å². The molecule has 3 heterocycles. The number of benzene rings is 1. The molecule has 5 rings (SSSR count). The zero-order chi connectivity index (χ0) is 21.4. The van der Waals surface area contributed by atoms with Gasteiger partial charge in [-0.15, -0.1) is 0 Å². The van der Waals surface area contributed by atoms with Gasteiger partial charge >= 0.3 is 6.61 Å². The van der Waals surface area contributed by atoms with Crippen LogP contribution in [-0.2, 0) is 0 Å². The molecule has 0 unspecified atom stereocenters. The molecular weight excluding hydrogens is 406 g/mol. The lowest BCUT2D eigenvalue weighted by molar-refractivity contribution is -0.0515. The van der Waals surface area contributed by atoms with Crippen LogP contribution in [0.4, 0.5) is 8.78 Å². The lowest BCUT2D eigenvalue weighted by Crippen LogP contribution is -2.06. The number of hydrogen-bond donors (Lipinski definition) is 1. The van der Waals surface area contributed by atoms with Crippen molar-refractivity contribution < 1.29 is 18.3 Å². The highest BCUT2D eigenvalue weighted by Gasteiger charge is 2.23.